The van der Waals surface area contributed by atoms with E-state index in [1.807, 2.05) is 12.1 Å². The van der Waals surface area contributed by atoms with Crippen molar-refractivity contribution in [2.24, 2.45) is 0 Å². The van der Waals surface area contributed by atoms with Crippen molar-refractivity contribution >= 4 is 27.8 Å². The van der Waals surface area contributed by atoms with Gasteiger partial charge in [0.2, 0.25) is 5.78 Å². The molecule has 2 aromatic carbocycles. The third-order valence-corrected chi connectivity index (χ3v) is 6.66. The molecule has 168 valence electrons. The number of piperazine rings is 1. The van der Waals surface area contributed by atoms with Gasteiger partial charge in [-0.15, -0.1) is 0 Å². The molecule has 1 saturated heterocycles. The molecule has 0 saturated carbocycles. The monoisotopic (exact) mass is 500 g/mol. The first-order valence-corrected chi connectivity index (χ1v) is 11.6. The highest BCUT2D eigenvalue weighted by atomic mass is 79.9. The van der Waals surface area contributed by atoms with Gasteiger partial charge in [0.05, 0.1) is 17.7 Å². The number of phenols is 1. The molecule has 1 fully saturated rings. The molecule has 3 aliphatic heterocycles. The number of rotatable bonds is 4. The molecule has 2 aromatic rings. The fourth-order valence-electron chi connectivity index (χ4n) is 4.39. The Kier molecular flexibility index (Phi) is 5.94. The van der Waals surface area contributed by atoms with Crippen LogP contribution in [0.15, 0.2) is 34.5 Å². The number of fused-ring (bicyclic) bond motifs is 2. The lowest BCUT2D eigenvalue weighted by atomic mass is 10.0. The zero-order valence-electron chi connectivity index (χ0n) is 17.9. The summed E-state index contributed by atoms with van der Waals surface area (Å²) in [6.45, 7) is 8.19. The maximum absolute atomic E-state index is 13.1. The first-order valence-electron chi connectivity index (χ1n) is 10.8. The van der Waals surface area contributed by atoms with Gasteiger partial charge in [0.15, 0.2) is 12.6 Å². The van der Waals surface area contributed by atoms with Crippen LogP contribution in [0.25, 0.3) is 6.08 Å². The number of carbonyl (C=O) groups excluding carboxylic acids is 1. The van der Waals surface area contributed by atoms with Crippen molar-refractivity contribution in [2.45, 2.75) is 20.1 Å². The number of carbonyl (C=O) groups is 1. The molecule has 0 aliphatic carbocycles. The third-order valence-electron chi connectivity index (χ3n) is 6.20. The fraction of sp³-hybridized carbons (Fsp3) is 0.375. The Balaban J connectivity index is 1.44. The number of phenolic OH excluding ortho intramolecular Hbond substituents is 1. The summed E-state index contributed by atoms with van der Waals surface area (Å²) in [6, 6.07) is 7.05. The molecule has 0 atom stereocenters. The van der Waals surface area contributed by atoms with Gasteiger partial charge >= 0.3 is 0 Å². The van der Waals surface area contributed by atoms with Crippen LogP contribution in [0.3, 0.4) is 0 Å². The lowest BCUT2D eigenvalue weighted by Gasteiger charge is -2.34. The van der Waals surface area contributed by atoms with E-state index in [1.54, 1.807) is 18.2 Å². The Morgan fingerprint density at radius 1 is 1.12 bits per heavy atom. The number of hydrogen-bond donors (Lipinski definition) is 1. The number of aromatic hydroxyl groups is 1. The molecule has 0 bridgehead atoms. The van der Waals surface area contributed by atoms with Crippen LogP contribution in [0, 0.1) is 0 Å². The summed E-state index contributed by atoms with van der Waals surface area (Å²) in [5, 5.41) is 10.6. The van der Waals surface area contributed by atoms with E-state index in [-0.39, 0.29) is 24.1 Å². The molecule has 5 rings (SSSR count). The minimum atomic E-state index is -0.196. The Morgan fingerprint density at radius 3 is 2.69 bits per heavy atom. The van der Waals surface area contributed by atoms with Gasteiger partial charge < -0.3 is 24.2 Å². The van der Waals surface area contributed by atoms with Crippen LogP contribution in [-0.2, 0) is 17.9 Å². The van der Waals surface area contributed by atoms with Crippen molar-refractivity contribution in [2.75, 3.05) is 39.5 Å². The summed E-state index contributed by atoms with van der Waals surface area (Å²) in [6.07, 6.45) is 1.71. The highest BCUT2D eigenvalue weighted by molar-refractivity contribution is 9.10. The fourth-order valence-corrected chi connectivity index (χ4v) is 4.92. The van der Waals surface area contributed by atoms with Gasteiger partial charge in [-0.1, -0.05) is 22.9 Å². The van der Waals surface area contributed by atoms with Gasteiger partial charge in [-0.05, 0) is 36.9 Å². The van der Waals surface area contributed by atoms with Crippen molar-refractivity contribution in [3.8, 4) is 17.2 Å². The summed E-state index contributed by atoms with van der Waals surface area (Å²) in [4.78, 5) is 17.8. The number of Topliss-reactive ketones (excluding diaryl/α,β-unsaturated/α-hetero) is 1. The third kappa shape index (κ3) is 4.03. The summed E-state index contributed by atoms with van der Waals surface area (Å²) in [5.74, 6) is 1.32. The van der Waals surface area contributed by atoms with Crippen molar-refractivity contribution in [1.29, 1.82) is 0 Å². The lowest BCUT2D eigenvalue weighted by Crippen LogP contribution is -2.45. The number of hydrogen-bond acceptors (Lipinski definition) is 7. The van der Waals surface area contributed by atoms with Gasteiger partial charge in [0.25, 0.3) is 0 Å². The van der Waals surface area contributed by atoms with E-state index in [9.17, 15) is 9.90 Å². The second kappa shape index (κ2) is 8.86. The Bertz CT molecular complexity index is 1090. The van der Waals surface area contributed by atoms with Crippen LogP contribution in [0.2, 0.25) is 0 Å². The van der Waals surface area contributed by atoms with Crippen LogP contribution in [0.5, 0.6) is 17.2 Å². The first-order chi connectivity index (χ1) is 15.5. The quantitative estimate of drug-likeness (QED) is 0.640. The SMILES string of the molecule is CCN1CCN(Cc2c(O)ccc3c2O/C(=C\c2cc(Br)cc4c2OCOC4)C3=O)CC1. The number of allylic oxidation sites excluding steroid dienone is 1. The first kappa shape index (κ1) is 21.5. The second-order valence-corrected chi connectivity index (χ2v) is 9.10. The normalized spacial score (nSPS) is 20.1. The van der Waals surface area contributed by atoms with E-state index in [0.717, 1.165) is 48.3 Å². The molecule has 1 N–H and O–H groups in total. The summed E-state index contributed by atoms with van der Waals surface area (Å²) >= 11 is 3.51. The van der Waals surface area contributed by atoms with Crippen LogP contribution in [0.4, 0.5) is 0 Å². The summed E-state index contributed by atoms with van der Waals surface area (Å²) < 4.78 is 18.0. The number of ether oxygens (including phenoxy) is 3. The molecule has 0 aromatic heterocycles. The number of ketones is 1. The maximum Gasteiger partial charge on any atom is 0.231 e. The molecule has 3 heterocycles. The highest BCUT2D eigenvalue weighted by Gasteiger charge is 2.32. The van der Waals surface area contributed by atoms with Crippen LogP contribution < -0.4 is 9.47 Å². The molecule has 0 radical (unpaired) electrons. The average molecular weight is 501 g/mol. The lowest BCUT2D eigenvalue weighted by molar-refractivity contribution is -0.0165. The van der Waals surface area contributed by atoms with Gasteiger partial charge in [-0.25, -0.2) is 0 Å². The van der Waals surface area contributed by atoms with Crippen LogP contribution >= 0.6 is 15.9 Å². The highest BCUT2D eigenvalue weighted by Crippen LogP contribution is 2.41. The molecular weight excluding hydrogens is 476 g/mol. The second-order valence-electron chi connectivity index (χ2n) is 8.18. The van der Waals surface area contributed by atoms with Crippen LogP contribution in [0.1, 0.15) is 34.0 Å². The molecule has 7 nitrogen and oxygen atoms in total. The van der Waals surface area contributed by atoms with Crippen molar-refractivity contribution in [3.63, 3.8) is 0 Å². The number of nitrogens with zero attached hydrogens (tertiary/aromatic N) is 2. The van der Waals surface area contributed by atoms with E-state index in [2.05, 4.69) is 32.7 Å². The Hall–Kier alpha value is -2.39. The predicted octanol–water partition coefficient (Wildman–Crippen LogP) is 3.77. The van der Waals surface area contributed by atoms with Crippen molar-refractivity contribution in [1.82, 2.24) is 9.80 Å². The largest absolute Gasteiger partial charge is 0.507 e. The number of halogens is 1. The molecule has 0 unspecified atom stereocenters. The average Bonchev–Trinajstić information content (AvgIpc) is 3.11. The molecule has 8 heteroatoms. The van der Waals surface area contributed by atoms with Crippen molar-refractivity contribution in [3.05, 3.63) is 56.8 Å². The van der Waals surface area contributed by atoms with Gasteiger partial charge in [-0.2, -0.15) is 0 Å². The zero-order valence-corrected chi connectivity index (χ0v) is 19.5. The minimum Gasteiger partial charge on any atom is -0.507 e. The molecule has 0 amide bonds. The molecular formula is C24H25BrN2O5. The topological polar surface area (TPSA) is 71.5 Å². The maximum atomic E-state index is 13.1. The standard InChI is InChI=1S/C24H25BrN2O5/c1-2-26-5-7-27(8-6-26)12-19-20(28)4-3-18-22(29)21(32-24(18)19)11-15-9-17(25)10-16-13-30-14-31-23(15)16/h3-4,9-11,28H,2,5-8,12-14H2,1H3/b21-11-. The van der Waals surface area contributed by atoms with Gasteiger partial charge in [0, 0.05) is 48.3 Å². The Labute approximate surface area is 195 Å². The van der Waals surface area contributed by atoms with E-state index in [1.165, 1.54) is 0 Å². The van der Waals surface area contributed by atoms with E-state index < -0.39 is 0 Å². The van der Waals surface area contributed by atoms with Crippen molar-refractivity contribution < 1.29 is 24.1 Å². The van der Waals surface area contributed by atoms with E-state index >= 15 is 0 Å². The zero-order chi connectivity index (χ0) is 22.2. The predicted molar refractivity (Wildman–Crippen MR) is 123 cm³/mol. The van der Waals surface area contributed by atoms with Gasteiger partial charge in [-0.3, -0.25) is 9.69 Å². The summed E-state index contributed by atoms with van der Waals surface area (Å²) in [5.41, 5.74) is 2.79. The molecule has 3 aliphatic rings. The van der Waals surface area contributed by atoms with Crippen LogP contribution in [-0.4, -0.2) is 60.2 Å². The number of benzene rings is 2. The number of likely N-dealkylation sites (N-methyl/N-ethyl adjacent to an activating group) is 1. The Morgan fingerprint density at radius 2 is 1.91 bits per heavy atom. The molecule has 0 spiro atoms. The van der Waals surface area contributed by atoms with E-state index in [4.69, 9.17) is 14.2 Å². The van der Waals surface area contributed by atoms with Gasteiger partial charge in [0.1, 0.15) is 17.2 Å². The minimum absolute atomic E-state index is 0.149. The smallest absolute Gasteiger partial charge is 0.231 e. The molecule has 32 heavy (non-hydrogen) atoms. The summed E-state index contributed by atoms with van der Waals surface area (Å²) in [7, 11) is 0. The van der Waals surface area contributed by atoms with E-state index in [0.29, 0.717) is 35.8 Å².